The Labute approximate surface area is 142 Å². The van der Waals surface area contributed by atoms with Crippen LogP contribution < -0.4 is 5.32 Å². The number of carbonyl (C=O) groups is 2. The van der Waals surface area contributed by atoms with Crippen LogP contribution in [-0.2, 0) is 0 Å². The van der Waals surface area contributed by atoms with E-state index >= 15 is 0 Å². The normalized spacial score (nSPS) is 10.5. The third-order valence-corrected chi connectivity index (χ3v) is 5.27. The molecule has 2 aromatic rings. The number of aromatic carboxylic acids is 1. The average molecular weight is 433 g/mol. The molecule has 0 radical (unpaired) electrons. The van der Waals surface area contributed by atoms with Crippen molar-refractivity contribution in [2.24, 2.45) is 0 Å². The number of rotatable bonds is 3. The summed E-state index contributed by atoms with van der Waals surface area (Å²) in [5.74, 6) is -1.39. The molecule has 0 aliphatic heterocycles. The Hall–Kier alpha value is -1.18. The van der Waals surface area contributed by atoms with Gasteiger partial charge in [0, 0.05) is 13.8 Å². The lowest BCUT2D eigenvalue weighted by molar-refractivity contribution is 0.0697. The van der Waals surface area contributed by atoms with E-state index in [1.807, 2.05) is 6.92 Å². The number of carbonyl (C=O) groups excluding carboxylic acids is 1. The van der Waals surface area contributed by atoms with Crippen molar-refractivity contribution in [2.75, 3.05) is 5.32 Å². The third kappa shape index (κ3) is 3.36. The van der Waals surface area contributed by atoms with Gasteiger partial charge < -0.3 is 10.4 Å². The maximum atomic E-state index is 12.3. The van der Waals surface area contributed by atoms with Crippen molar-refractivity contribution in [2.45, 2.75) is 13.8 Å². The van der Waals surface area contributed by atoms with Crippen molar-refractivity contribution >= 4 is 60.1 Å². The van der Waals surface area contributed by atoms with E-state index in [4.69, 9.17) is 0 Å². The molecule has 4 nitrogen and oxygen atoms in total. The average Bonchev–Trinajstić information content (AvgIpc) is 2.64. The largest absolute Gasteiger partial charge is 0.478 e. The molecule has 0 aliphatic carbocycles. The Balaban J connectivity index is 2.36. The van der Waals surface area contributed by atoms with Gasteiger partial charge in [0.15, 0.2) is 0 Å². The molecule has 0 spiro atoms. The highest BCUT2D eigenvalue weighted by molar-refractivity contribution is 9.11. The second-order valence-corrected chi connectivity index (χ2v) is 7.37. The molecular weight excluding hydrogens is 422 g/mol. The molecule has 110 valence electrons. The van der Waals surface area contributed by atoms with Crippen molar-refractivity contribution in [1.82, 2.24) is 0 Å². The lowest BCUT2D eigenvalue weighted by atomic mass is 10.1. The van der Waals surface area contributed by atoms with Gasteiger partial charge in [-0.3, -0.25) is 4.79 Å². The van der Waals surface area contributed by atoms with E-state index in [0.717, 1.165) is 9.35 Å². The molecular formula is C14H11Br2NO3S. The van der Waals surface area contributed by atoms with E-state index in [2.05, 4.69) is 37.2 Å². The molecule has 0 saturated carbocycles. The first-order valence-electron chi connectivity index (χ1n) is 5.91. The van der Waals surface area contributed by atoms with Crippen LogP contribution in [0, 0.1) is 13.8 Å². The standard InChI is InChI=1S/C14H11Br2NO3S/c1-6-7(2)21-13(11(6)14(19)20)17-12(18)9-4-3-8(15)5-10(9)16/h3-5H,1-2H3,(H,17,18)(H,19,20). The summed E-state index contributed by atoms with van der Waals surface area (Å²) in [5.41, 5.74) is 1.27. The highest BCUT2D eigenvalue weighted by Crippen LogP contribution is 2.33. The summed E-state index contributed by atoms with van der Waals surface area (Å²) in [6, 6.07) is 5.18. The van der Waals surface area contributed by atoms with Crippen LogP contribution in [0.5, 0.6) is 0 Å². The number of aryl methyl sites for hydroxylation is 1. The number of hydrogen-bond donors (Lipinski definition) is 2. The quantitative estimate of drug-likeness (QED) is 0.729. The van der Waals surface area contributed by atoms with Gasteiger partial charge in [-0.25, -0.2) is 4.79 Å². The van der Waals surface area contributed by atoms with Gasteiger partial charge in [0.05, 0.1) is 11.1 Å². The van der Waals surface area contributed by atoms with Crippen molar-refractivity contribution in [3.05, 3.63) is 48.7 Å². The summed E-state index contributed by atoms with van der Waals surface area (Å²) in [7, 11) is 0. The number of carboxylic acids is 1. The number of amides is 1. The number of hydrogen-bond acceptors (Lipinski definition) is 3. The van der Waals surface area contributed by atoms with Gasteiger partial charge in [-0.15, -0.1) is 11.3 Å². The van der Waals surface area contributed by atoms with E-state index < -0.39 is 5.97 Å². The minimum Gasteiger partial charge on any atom is -0.478 e. The first kappa shape index (κ1) is 16.2. The minimum atomic E-state index is -1.04. The minimum absolute atomic E-state index is 0.152. The van der Waals surface area contributed by atoms with Crippen LogP contribution in [-0.4, -0.2) is 17.0 Å². The predicted molar refractivity (Wildman–Crippen MR) is 90.5 cm³/mol. The summed E-state index contributed by atoms with van der Waals surface area (Å²) in [4.78, 5) is 24.5. The molecule has 1 amide bonds. The number of carboxylic acid groups (broad SMARTS) is 1. The van der Waals surface area contributed by atoms with Crippen LogP contribution in [0.25, 0.3) is 0 Å². The maximum absolute atomic E-state index is 12.3. The molecule has 7 heteroatoms. The fraction of sp³-hybridized carbons (Fsp3) is 0.143. The lowest BCUT2D eigenvalue weighted by Crippen LogP contribution is -2.14. The van der Waals surface area contributed by atoms with E-state index in [1.54, 1.807) is 25.1 Å². The summed E-state index contributed by atoms with van der Waals surface area (Å²) in [5, 5.41) is 12.3. The number of anilines is 1. The van der Waals surface area contributed by atoms with Crippen LogP contribution >= 0.6 is 43.2 Å². The third-order valence-electron chi connectivity index (χ3n) is 3.00. The number of nitrogens with one attached hydrogen (secondary N) is 1. The molecule has 0 atom stereocenters. The fourth-order valence-corrected chi connectivity index (χ4v) is 4.09. The van der Waals surface area contributed by atoms with Crippen LogP contribution in [0.4, 0.5) is 5.00 Å². The van der Waals surface area contributed by atoms with E-state index in [-0.39, 0.29) is 11.5 Å². The molecule has 0 saturated heterocycles. The molecule has 0 aliphatic rings. The monoisotopic (exact) mass is 431 g/mol. The predicted octanol–water partition coefficient (Wildman–Crippen LogP) is 4.84. The Morgan fingerprint density at radius 2 is 1.90 bits per heavy atom. The lowest BCUT2D eigenvalue weighted by Gasteiger charge is -2.07. The smallest absolute Gasteiger partial charge is 0.338 e. The van der Waals surface area contributed by atoms with Gasteiger partial charge in [0.1, 0.15) is 5.00 Å². The fourth-order valence-electron chi connectivity index (χ4n) is 1.82. The maximum Gasteiger partial charge on any atom is 0.338 e. The summed E-state index contributed by atoms with van der Waals surface area (Å²) >= 11 is 7.91. The molecule has 1 heterocycles. The zero-order valence-corrected chi connectivity index (χ0v) is 15.1. The van der Waals surface area contributed by atoms with Crippen LogP contribution in [0.3, 0.4) is 0 Å². The first-order chi connectivity index (χ1) is 9.81. The van der Waals surface area contributed by atoms with Crippen LogP contribution in [0.1, 0.15) is 31.2 Å². The SMILES string of the molecule is Cc1sc(NC(=O)c2ccc(Br)cc2Br)c(C(=O)O)c1C. The molecule has 1 aromatic heterocycles. The van der Waals surface area contributed by atoms with Gasteiger partial charge in [-0.2, -0.15) is 0 Å². The molecule has 2 N–H and O–H groups in total. The number of thiophene rings is 1. The second-order valence-electron chi connectivity index (χ2n) is 4.37. The van der Waals surface area contributed by atoms with Crippen molar-refractivity contribution in [1.29, 1.82) is 0 Å². The second kappa shape index (κ2) is 6.29. The molecule has 0 fully saturated rings. The Morgan fingerprint density at radius 3 is 2.48 bits per heavy atom. The summed E-state index contributed by atoms with van der Waals surface area (Å²) < 4.78 is 1.48. The van der Waals surface area contributed by atoms with Gasteiger partial charge in [0.2, 0.25) is 0 Å². The Morgan fingerprint density at radius 1 is 1.24 bits per heavy atom. The molecule has 0 unspecified atom stereocenters. The van der Waals surface area contributed by atoms with Crippen LogP contribution in [0.2, 0.25) is 0 Å². The van der Waals surface area contributed by atoms with E-state index in [1.165, 1.54) is 11.3 Å². The topological polar surface area (TPSA) is 66.4 Å². The van der Waals surface area contributed by atoms with Crippen molar-refractivity contribution in [3.8, 4) is 0 Å². The first-order valence-corrected chi connectivity index (χ1v) is 8.31. The van der Waals surface area contributed by atoms with Gasteiger partial charge in [-0.05, 0) is 53.5 Å². The highest BCUT2D eigenvalue weighted by Gasteiger charge is 2.21. The number of benzene rings is 1. The van der Waals surface area contributed by atoms with E-state index in [0.29, 0.717) is 20.6 Å². The molecule has 1 aromatic carbocycles. The highest BCUT2D eigenvalue weighted by atomic mass is 79.9. The molecule has 21 heavy (non-hydrogen) atoms. The zero-order valence-electron chi connectivity index (χ0n) is 11.2. The van der Waals surface area contributed by atoms with Crippen molar-refractivity contribution in [3.63, 3.8) is 0 Å². The van der Waals surface area contributed by atoms with Gasteiger partial charge in [-0.1, -0.05) is 15.9 Å². The summed E-state index contributed by atoms with van der Waals surface area (Å²) in [6.45, 7) is 3.57. The van der Waals surface area contributed by atoms with Gasteiger partial charge in [0.25, 0.3) is 5.91 Å². The molecule has 0 bridgehead atoms. The van der Waals surface area contributed by atoms with Crippen molar-refractivity contribution < 1.29 is 14.7 Å². The zero-order chi connectivity index (χ0) is 15.7. The van der Waals surface area contributed by atoms with Crippen LogP contribution in [0.15, 0.2) is 27.1 Å². The Bertz CT molecular complexity index is 740. The number of halogens is 2. The molecule has 2 rings (SSSR count). The summed E-state index contributed by atoms with van der Waals surface area (Å²) in [6.07, 6.45) is 0. The van der Waals surface area contributed by atoms with Gasteiger partial charge >= 0.3 is 5.97 Å². The van der Waals surface area contributed by atoms with E-state index in [9.17, 15) is 14.7 Å². The Kier molecular flexibility index (Phi) is 4.85.